The van der Waals surface area contributed by atoms with Crippen LogP contribution in [0.15, 0.2) is 18.3 Å². The van der Waals surface area contributed by atoms with Crippen molar-refractivity contribution >= 4 is 11.3 Å². The van der Waals surface area contributed by atoms with E-state index in [1.54, 1.807) is 11.3 Å². The van der Waals surface area contributed by atoms with E-state index in [2.05, 4.69) is 41.3 Å². The summed E-state index contributed by atoms with van der Waals surface area (Å²) in [5.41, 5.74) is 3.44. The second-order valence-electron chi connectivity index (χ2n) is 5.28. The van der Waals surface area contributed by atoms with Gasteiger partial charge in [-0.25, -0.2) is 4.98 Å². The molecule has 1 N–H and O–H groups in total. The fourth-order valence-electron chi connectivity index (χ4n) is 2.48. The van der Waals surface area contributed by atoms with E-state index in [1.807, 2.05) is 6.20 Å². The molecule has 0 saturated carbocycles. The molecular formula is C15H19N3S. The van der Waals surface area contributed by atoms with E-state index in [0.717, 1.165) is 41.8 Å². The number of hydrogen-bond acceptors (Lipinski definition) is 4. The Morgan fingerprint density at radius 2 is 2.26 bits per heavy atom. The van der Waals surface area contributed by atoms with Crippen LogP contribution in [0.4, 0.5) is 0 Å². The van der Waals surface area contributed by atoms with Gasteiger partial charge in [0.25, 0.3) is 0 Å². The molecule has 0 amide bonds. The maximum atomic E-state index is 4.57. The van der Waals surface area contributed by atoms with Crippen LogP contribution in [0.25, 0.3) is 10.7 Å². The molecule has 3 rings (SSSR count). The van der Waals surface area contributed by atoms with Gasteiger partial charge in [-0.05, 0) is 57.3 Å². The van der Waals surface area contributed by atoms with Crippen LogP contribution in [-0.2, 0) is 6.42 Å². The summed E-state index contributed by atoms with van der Waals surface area (Å²) in [5, 5.41) is 4.44. The van der Waals surface area contributed by atoms with Crippen LogP contribution in [0, 0.1) is 19.8 Å². The lowest BCUT2D eigenvalue weighted by Gasteiger charge is -2.07. The van der Waals surface area contributed by atoms with Crippen molar-refractivity contribution < 1.29 is 0 Å². The highest BCUT2D eigenvalue weighted by molar-refractivity contribution is 7.15. The van der Waals surface area contributed by atoms with Crippen LogP contribution in [-0.4, -0.2) is 23.1 Å². The molecule has 1 atom stereocenters. The number of rotatable bonds is 3. The molecule has 19 heavy (non-hydrogen) atoms. The maximum absolute atomic E-state index is 4.57. The Morgan fingerprint density at radius 1 is 1.37 bits per heavy atom. The minimum atomic E-state index is 0.775. The SMILES string of the molecule is Cc1nc(-c2ccc(CC3CCNC3)cn2)sc1C. The summed E-state index contributed by atoms with van der Waals surface area (Å²) in [4.78, 5) is 10.4. The summed E-state index contributed by atoms with van der Waals surface area (Å²) in [6.07, 6.45) is 4.43. The van der Waals surface area contributed by atoms with Gasteiger partial charge in [-0.1, -0.05) is 6.07 Å². The second-order valence-corrected chi connectivity index (χ2v) is 6.48. The lowest BCUT2D eigenvalue weighted by atomic mass is 10.00. The van der Waals surface area contributed by atoms with Gasteiger partial charge in [0.05, 0.1) is 11.4 Å². The predicted molar refractivity (Wildman–Crippen MR) is 79.5 cm³/mol. The maximum Gasteiger partial charge on any atom is 0.142 e. The van der Waals surface area contributed by atoms with Gasteiger partial charge in [-0.2, -0.15) is 0 Å². The van der Waals surface area contributed by atoms with Gasteiger partial charge < -0.3 is 5.32 Å². The average molecular weight is 273 g/mol. The number of thiazole rings is 1. The Labute approximate surface area is 118 Å². The largest absolute Gasteiger partial charge is 0.316 e. The summed E-state index contributed by atoms with van der Waals surface area (Å²) in [6, 6.07) is 4.31. The van der Waals surface area contributed by atoms with Gasteiger partial charge in [-0.3, -0.25) is 4.98 Å². The zero-order valence-corrected chi connectivity index (χ0v) is 12.3. The quantitative estimate of drug-likeness (QED) is 0.934. The minimum Gasteiger partial charge on any atom is -0.316 e. The van der Waals surface area contributed by atoms with Crippen molar-refractivity contribution in [2.24, 2.45) is 5.92 Å². The fourth-order valence-corrected chi connectivity index (χ4v) is 3.37. The van der Waals surface area contributed by atoms with Crippen LogP contribution in [0.1, 0.15) is 22.6 Å². The van der Waals surface area contributed by atoms with E-state index < -0.39 is 0 Å². The summed E-state index contributed by atoms with van der Waals surface area (Å²) in [7, 11) is 0. The highest BCUT2D eigenvalue weighted by Gasteiger charge is 2.15. The Balaban J connectivity index is 1.74. The topological polar surface area (TPSA) is 37.8 Å². The third-order valence-electron chi connectivity index (χ3n) is 3.76. The number of nitrogens with zero attached hydrogens (tertiary/aromatic N) is 2. The molecule has 3 nitrogen and oxygen atoms in total. The summed E-state index contributed by atoms with van der Waals surface area (Å²) in [6.45, 7) is 6.47. The molecule has 1 unspecified atom stereocenters. The van der Waals surface area contributed by atoms with Gasteiger partial charge in [0.1, 0.15) is 5.01 Å². The zero-order chi connectivity index (χ0) is 13.2. The Kier molecular flexibility index (Phi) is 3.62. The lowest BCUT2D eigenvalue weighted by molar-refractivity contribution is 0.579. The molecule has 1 fully saturated rings. The van der Waals surface area contributed by atoms with E-state index in [-0.39, 0.29) is 0 Å². The number of aromatic nitrogens is 2. The molecule has 0 aliphatic carbocycles. The van der Waals surface area contributed by atoms with Crippen molar-refractivity contribution in [2.45, 2.75) is 26.7 Å². The van der Waals surface area contributed by atoms with Crippen LogP contribution in [0.3, 0.4) is 0 Å². The van der Waals surface area contributed by atoms with Crippen LogP contribution < -0.4 is 5.32 Å². The molecular weight excluding hydrogens is 254 g/mol. The molecule has 1 saturated heterocycles. The molecule has 3 heterocycles. The van der Waals surface area contributed by atoms with Crippen molar-refractivity contribution in [2.75, 3.05) is 13.1 Å². The average Bonchev–Trinajstić information content (AvgIpc) is 3.02. The first-order chi connectivity index (χ1) is 9.22. The number of nitrogens with one attached hydrogen (secondary N) is 1. The zero-order valence-electron chi connectivity index (χ0n) is 11.4. The van der Waals surface area contributed by atoms with Gasteiger partial charge >= 0.3 is 0 Å². The Bertz CT molecular complexity index is 534. The van der Waals surface area contributed by atoms with Gasteiger partial charge in [0.2, 0.25) is 0 Å². The highest BCUT2D eigenvalue weighted by atomic mass is 32.1. The van der Waals surface area contributed by atoms with E-state index in [0.29, 0.717) is 0 Å². The Hall–Kier alpha value is -1.26. The van der Waals surface area contributed by atoms with E-state index in [1.165, 1.54) is 16.9 Å². The standard InChI is InChI=1S/C15H19N3S/c1-10-11(2)19-15(18-10)14-4-3-12(9-17-14)7-13-5-6-16-8-13/h3-4,9,13,16H,5-8H2,1-2H3. The molecule has 1 aliphatic rings. The summed E-state index contributed by atoms with van der Waals surface area (Å²) < 4.78 is 0. The fraction of sp³-hybridized carbons (Fsp3) is 0.467. The molecule has 0 spiro atoms. The van der Waals surface area contributed by atoms with Crippen LogP contribution >= 0.6 is 11.3 Å². The first-order valence-corrected chi connectivity index (χ1v) is 7.64. The molecule has 0 bridgehead atoms. The van der Waals surface area contributed by atoms with E-state index in [4.69, 9.17) is 0 Å². The number of hydrogen-bond donors (Lipinski definition) is 1. The summed E-state index contributed by atoms with van der Waals surface area (Å²) in [5.74, 6) is 0.775. The van der Waals surface area contributed by atoms with Crippen LogP contribution in [0.2, 0.25) is 0 Å². The molecule has 2 aromatic heterocycles. The summed E-state index contributed by atoms with van der Waals surface area (Å²) >= 11 is 1.72. The normalized spacial score (nSPS) is 18.9. The predicted octanol–water partition coefficient (Wildman–Crippen LogP) is 2.97. The van der Waals surface area contributed by atoms with Crippen molar-refractivity contribution in [3.63, 3.8) is 0 Å². The van der Waals surface area contributed by atoms with Crippen LogP contribution in [0.5, 0.6) is 0 Å². The molecule has 0 aromatic carbocycles. The van der Waals surface area contributed by atoms with E-state index in [9.17, 15) is 0 Å². The minimum absolute atomic E-state index is 0.775. The Morgan fingerprint density at radius 3 is 2.84 bits per heavy atom. The monoisotopic (exact) mass is 273 g/mol. The first kappa shape index (κ1) is 12.8. The van der Waals surface area contributed by atoms with Crippen molar-refractivity contribution in [3.05, 3.63) is 34.5 Å². The highest BCUT2D eigenvalue weighted by Crippen LogP contribution is 2.26. The third kappa shape index (κ3) is 2.85. The van der Waals surface area contributed by atoms with Crippen molar-refractivity contribution in [3.8, 4) is 10.7 Å². The van der Waals surface area contributed by atoms with Gasteiger partial charge in [0.15, 0.2) is 0 Å². The van der Waals surface area contributed by atoms with Gasteiger partial charge in [0, 0.05) is 11.1 Å². The van der Waals surface area contributed by atoms with Crippen molar-refractivity contribution in [1.82, 2.24) is 15.3 Å². The lowest BCUT2D eigenvalue weighted by Crippen LogP contribution is -2.10. The molecule has 100 valence electrons. The molecule has 4 heteroatoms. The molecule has 0 radical (unpaired) electrons. The van der Waals surface area contributed by atoms with Crippen molar-refractivity contribution in [1.29, 1.82) is 0 Å². The molecule has 1 aliphatic heterocycles. The number of pyridine rings is 1. The van der Waals surface area contributed by atoms with Gasteiger partial charge in [-0.15, -0.1) is 11.3 Å². The number of aryl methyl sites for hydroxylation is 2. The first-order valence-electron chi connectivity index (χ1n) is 6.82. The smallest absolute Gasteiger partial charge is 0.142 e. The second kappa shape index (κ2) is 5.39. The van der Waals surface area contributed by atoms with E-state index >= 15 is 0 Å². The molecule has 2 aromatic rings. The third-order valence-corrected chi connectivity index (χ3v) is 4.85.